The van der Waals surface area contributed by atoms with E-state index in [2.05, 4.69) is 4.98 Å². The van der Waals surface area contributed by atoms with E-state index in [0.29, 0.717) is 44.9 Å². The third-order valence-electron chi connectivity index (χ3n) is 6.86. The van der Waals surface area contributed by atoms with Crippen molar-refractivity contribution in [1.29, 1.82) is 0 Å². The highest BCUT2D eigenvalue weighted by Gasteiger charge is 2.54. The van der Waals surface area contributed by atoms with Crippen molar-refractivity contribution >= 4 is 39.2 Å². The summed E-state index contributed by atoms with van der Waals surface area (Å²) in [5, 5.41) is 0.974. The van der Waals surface area contributed by atoms with Crippen molar-refractivity contribution in [3.05, 3.63) is 77.4 Å². The largest absolute Gasteiger partial charge is 0.375 e. The number of likely N-dealkylation sites (tertiary alicyclic amines) is 1. The molecular weight excluding hydrogens is 465 g/mol. The number of nitrogens with two attached hydrogens (primary N) is 2. The summed E-state index contributed by atoms with van der Waals surface area (Å²) < 4.78 is 13.9. The fourth-order valence-corrected chi connectivity index (χ4v) is 6.09. The normalized spacial score (nSPS) is 20.7. The van der Waals surface area contributed by atoms with Crippen LogP contribution in [-0.2, 0) is 6.42 Å². The van der Waals surface area contributed by atoms with Crippen molar-refractivity contribution in [2.24, 2.45) is 11.7 Å². The molecule has 2 aliphatic rings. The van der Waals surface area contributed by atoms with Crippen LogP contribution in [0.25, 0.3) is 21.3 Å². The number of carbonyl (C=O) groups excluding carboxylic acids is 2. The molecule has 9 heteroatoms. The molecule has 3 atom stereocenters. The zero-order chi connectivity index (χ0) is 24.3. The van der Waals surface area contributed by atoms with Crippen LogP contribution in [0.5, 0.6) is 0 Å². The second kappa shape index (κ2) is 8.13. The molecule has 1 saturated carbocycles. The number of carbonyl (C=O) groups is 2. The maximum atomic E-state index is 13.9. The number of fused-ring (bicyclic) bond motifs is 2. The summed E-state index contributed by atoms with van der Waals surface area (Å²) in [5.41, 5.74) is 14.3. The lowest BCUT2D eigenvalue weighted by molar-refractivity contribution is 0.0694. The van der Waals surface area contributed by atoms with Gasteiger partial charge in [0.1, 0.15) is 11.5 Å². The van der Waals surface area contributed by atoms with Gasteiger partial charge >= 0.3 is 0 Å². The highest BCUT2D eigenvalue weighted by Crippen LogP contribution is 2.49. The van der Waals surface area contributed by atoms with E-state index in [9.17, 15) is 14.0 Å². The smallest absolute Gasteiger partial charge is 0.274 e. The molecule has 35 heavy (non-hydrogen) atoms. The first-order valence-electron chi connectivity index (χ1n) is 11.4. The predicted octanol–water partition coefficient (Wildman–Crippen LogP) is 4.02. The molecule has 1 saturated heterocycles. The minimum atomic E-state index is -0.510. The van der Waals surface area contributed by atoms with Gasteiger partial charge in [-0.25, -0.2) is 9.37 Å². The van der Waals surface area contributed by atoms with Gasteiger partial charge in [0.2, 0.25) is 5.91 Å². The number of piperidine rings is 1. The summed E-state index contributed by atoms with van der Waals surface area (Å²) >= 11 is 1.18. The van der Waals surface area contributed by atoms with Gasteiger partial charge in [-0.05, 0) is 48.6 Å². The third-order valence-corrected chi connectivity index (χ3v) is 7.79. The predicted molar refractivity (Wildman–Crippen MR) is 132 cm³/mol. The highest BCUT2D eigenvalue weighted by atomic mass is 32.1. The first-order chi connectivity index (χ1) is 16.9. The molecule has 0 bridgehead atoms. The molecular formula is C26H22FN5O2S. The topological polar surface area (TPSA) is 115 Å². The molecule has 4 N–H and O–H groups in total. The number of rotatable bonds is 5. The van der Waals surface area contributed by atoms with E-state index in [-0.39, 0.29) is 34.6 Å². The number of anilines is 1. The summed E-state index contributed by atoms with van der Waals surface area (Å²) in [6.45, 7) is 0. The van der Waals surface area contributed by atoms with Crippen LogP contribution in [0.15, 0.2) is 54.6 Å². The number of pyridine rings is 1. The number of hydrogen-bond donors (Lipinski definition) is 2. The fraction of sp³-hybridized carbons (Fsp3) is 0.231. The number of aromatic nitrogens is 2. The molecule has 1 aliphatic heterocycles. The molecule has 4 aromatic rings. The number of hydrogen-bond acceptors (Lipinski definition) is 6. The van der Waals surface area contributed by atoms with Crippen LogP contribution >= 0.6 is 11.3 Å². The van der Waals surface area contributed by atoms with Gasteiger partial charge < -0.3 is 16.4 Å². The molecule has 0 unspecified atom stereocenters. The van der Waals surface area contributed by atoms with Crippen molar-refractivity contribution in [3.8, 4) is 10.4 Å². The van der Waals surface area contributed by atoms with E-state index < -0.39 is 5.91 Å². The molecule has 6 rings (SSSR count). The first-order valence-corrected chi connectivity index (χ1v) is 12.2. The van der Waals surface area contributed by atoms with E-state index >= 15 is 0 Å². The highest BCUT2D eigenvalue weighted by molar-refractivity contribution is 7.19. The number of thiazole rings is 1. The Kier molecular flexibility index (Phi) is 5.03. The quantitative estimate of drug-likeness (QED) is 0.441. The molecule has 176 valence electrons. The molecule has 1 aliphatic carbocycles. The standard InChI is InChI=1S/C26H22FN5O2S/c27-15-5-3-4-13(8-15)23-22(31-26(29)35-23)25(34)32-17(9-14-10-21(14)32)11-16-12-19(24(28)33)18-6-1-2-7-20(18)30-16/h1-8,12,14,17,21H,9-11H2,(H2,28,33)(H2,29,31)/t14-,17+,21+/m1/s1. The van der Waals surface area contributed by atoms with Crippen LogP contribution in [0.1, 0.15) is 39.4 Å². The van der Waals surface area contributed by atoms with Crippen LogP contribution in [0, 0.1) is 11.7 Å². The Hall–Kier alpha value is -3.85. The number of primary amides is 1. The number of nitrogens with zero attached hydrogens (tertiary/aromatic N) is 3. The van der Waals surface area contributed by atoms with Crippen molar-refractivity contribution in [2.45, 2.75) is 31.3 Å². The van der Waals surface area contributed by atoms with Crippen molar-refractivity contribution in [3.63, 3.8) is 0 Å². The van der Waals surface area contributed by atoms with Gasteiger partial charge in [-0.3, -0.25) is 14.6 Å². The molecule has 0 spiro atoms. The van der Waals surface area contributed by atoms with Gasteiger partial charge in [0.25, 0.3) is 5.91 Å². The maximum Gasteiger partial charge on any atom is 0.274 e. The van der Waals surface area contributed by atoms with E-state index in [1.165, 1.54) is 23.5 Å². The summed E-state index contributed by atoms with van der Waals surface area (Å²) in [6.07, 6.45) is 2.30. The summed E-state index contributed by atoms with van der Waals surface area (Å²) in [6, 6.07) is 15.3. The van der Waals surface area contributed by atoms with E-state index in [1.54, 1.807) is 18.2 Å². The van der Waals surface area contributed by atoms with E-state index in [0.717, 1.165) is 12.8 Å². The van der Waals surface area contributed by atoms with Gasteiger partial charge in [0, 0.05) is 29.6 Å². The zero-order valence-corrected chi connectivity index (χ0v) is 19.5. The monoisotopic (exact) mass is 487 g/mol. The van der Waals surface area contributed by atoms with E-state index in [4.69, 9.17) is 16.5 Å². The Bertz CT molecular complexity index is 1500. The summed E-state index contributed by atoms with van der Waals surface area (Å²) in [7, 11) is 0. The lowest BCUT2D eigenvalue weighted by Gasteiger charge is -2.27. The SMILES string of the molecule is NC(=O)c1cc(C[C@@H]2C[C@@H]3C[C@@H]3N2C(=O)c2nc(N)sc2-c2cccc(F)c2)nc2ccccc12. The number of benzene rings is 2. The Morgan fingerprint density at radius 2 is 1.91 bits per heavy atom. The van der Waals surface area contributed by atoms with Crippen LogP contribution in [0.4, 0.5) is 9.52 Å². The van der Waals surface area contributed by atoms with Crippen LogP contribution in [0.3, 0.4) is 0 Å². The summed E-state index contributed by atoms with van der Waals surface area (Å²) in [5.74, 6) is -0.664. The molecule has 0 radical (unpaired) electrons. The van der Waals surface area contributed by atoms with E-state index in [1.807, 2.05) is 29.2 Å². The molecule has 2 aromatic heterocycles. The fourth-order valence-electron chi connectivity index (χ4n) is 5.27. The lowest BCUT2D eigenvalue weighted by atomic mass is 10.0. The number of para-hydroxylation sites is 1. The van der Waals surface area contributed by atoms with Crippen LogP contribution < -0.4 is 11.5 Å². The number of nitrogen functional groups attached to an aromatic ring is 1. The zero-order valence-electron chi connectivity index (χ0n) is 18.6. The minimum absolute atomic E-state index is 0.0936. The molecule has 3 heterocycles. The molecule has 2 aromatic carbocycles. The van der Waals surface area contributed by atoms with Crippen molar-refractivity contribution < 1.29 is 14.0 Å². The molecule has 2 fully saturated rings. The molecule has 7 nitrogen and oxygen atoms in total. The average Bonchev–Trinajstić information content (AvgIpc) is 3.32. The van der Waals surface area contributed by atoms with Gasteiger partial charge in [-0.15, -0.1) is 0 Å². The lowest BCUT2D eigenvalue weighted by Crippen LogP contribution is -2.40. The number of amides is 2. The second-order valence-electron chi connectivity index (χ2n) is 9.15. The Labute approximate surface area is 204 Å². The Morgan fingerprint density at radius 3 is 2.71 bits per heavy atom. The number of halogens is 1. The molecule has 2 amide bonds. The van der Waals surface area contributed by atoms with Crippen molar-refractivity contribution in [2.75, 3.05) is 5.73 Å². The summed E-state index contributed by atoms with van der Waals surface area (Å²) in [4.78, 5) is 37.4. The Balaban J connectivity index is 1.34. The first kappa shape index (κ1) is 21.7. The van der Waals surface area contributed by atoms with Gasteiger partial charge in [0.05, 0.1) is 16.0 Å². The third kappa shape index (κ3) is 3.81. The van der Waals surface area contributed by atoms with Gasteiger partial charge in [0.15, 0.2) is 5.13 Å². The van der Waals surface area contributed by atoms with Gasteiger partial charge in [-0.1, -0.05) is 41.7 Å². The Morgan fingerprint density at radius 1 is 1.09 bits per heavy atom. The van der Waals surface area contributed by atoms with Crippen LogP contribution in [-0.4, -0.2) is 38.8 Å². The van der Waals surface area contributed by atoms with Crippen LogP contribution in [0.2, 0.25) is 0 Å². The van der Waals surface area contributed by atoms with Gasteiger partial charge in [-0.2, -0.15) is 0 Å². The minimum Gasteiger partial charge on any atom is -0.375 e. The maximum absolute atomic E-state index is 13.9. The second-order valence-corrected chi connectivity index (χ2v) is 10.2. The van der Waals surface area contributed by atoms with Crippen molar-refractivity contribution in [1.82, 2.24) is 14.9 Å². The average molecular weight is 488 g/mol.